The van der Waals surface area contributed by atoms with E-state index in [1.807, 2.05) is 0 Å². The molecule has 6 heteroatoms. The number of hydrogen-bond acceptors (Lipinski definition) is 5. The summed E-state index contributed by atoms with van der Waals surface area (Å²) in [5.41, 5.74) is 0.719. The van der Waals surface area contributed by atoms with E-state index < -0.39 is 18.2 Å². The molecule has 21 heavy (non-hydrogen) atoms. The molecule has 0 fully saturated rings. The first-order valence-corrected chi connectivity index (χ1v) is 6.41. The number of ether oxygens (including phenoxy) is 1. The van der Waals surface area contributed by atoms with Crippen molar-refractivity contribution in [1.82, 2.24) is 0 Å². The number of aliphatic carboxylic acids is 1. The zero-order chi connectivity index (χ0) is 16.2. The van der Waals surface area contributed by atoms with Crippen molar-refractivity contribution in [3.8, 4) is 11.5 Å². The Kier molecular flexibility index (Phi) is 5.75. The minimum atomic E-state index is -1.41. The first kappa shape index (κ1) is 17.0. The third-order valence-corrected chi connectivity index (χ3v) is 3.19. The van der Waals surface area contributed by atoms with Crippen LogP contribution >= 0.6 is 0 Å². The SMILES string of the molecule is C=C(C)[C@H](O)[C@H](O)c1c(OC)ccc(CCC(=O)O)c1O. The Balaban J connectivity index is 3.23. The summed E-state index contributed by atoms with van der Waals surface area (Å²) < 4.78 is 5.08. The fourth-order valence-electron chi connectivity index (χ4n) is 1.97. The summed E-state index contributed by atoms with van der Waals surface area (Å²) in [4.78, 5) is 10.6. The maximum Gasteiger partial charge on any atom is 0.303 e. The van der Waals surface area contributed by atoms with Crippen molar-refractivity contribution in [3.05, 3.63) is 35.4 Å². The standard InChI is InChI=1S/C15H20O6/c1-8(2)13(18)15(20)12-10(21-3)6-4-9(14(12)19)5-7-11(16)17/h4,6,13,15,18-20H,1,5,7H2,2-3H3,(H,16,17)/t13-,15+/m0/s1. The lowest BCUT2D eigenvalue weighted by Gasteiger charge is -2.22. The molecule has 0 aliphatic carbocycles. The normalized spacial score (nSPS) is 13.5. The van der Waals surface area contributed by atoms with E-state index in [4.69, 9.17) is 9.84 Å². The Labute approximate surface area is 122 Å². The molecule has 1 aromatic carbocycles. The fourth-order valence-corrected chi connectivity index (χ4v) is 1.97. The molecule has 0 bridgehead atoms. The number of aryl methyl sites for hydroxylation is 1. The van der Waals surface area contributed by atoms with Gasteiger partial charge < -0.3 is 25.2 Å². The van der Waals surface area contributed by atoms with Crippen LogP contribution in [0.1, 0.15) is 30.6 Å². The highest BCUT2D eigenvalue weighted by Gasteiger charge is 2.27. The van der Waals surface area contributed by atoms with Gasteiger partial charge in [-0.15, -0.1) is 0 Å². The average Bonchev–Trinajstić information content (AvgIpc) is 2.43. The van der Waals surface area contributed by atoms with Crippen LogP contribution in [0.3, 0.4) is 0 Å². The van der Waals surface area contributed by atoms with Crippen LogP contribution in [0.2, 0.25) is 0 Å². The third-order valence-electron chi connectivity index (χ3n) is 3.19. The number of phenolic OH excluding ortho intramolecular Hbond substituents is 1. The van der Waals surface area contributed by atoms with E-state index in [1.54, 1.807) is 6.92 Å². The van der Waals surface area contributed by atoms with Crippen molar-refractivity contribution >= 4 is 5.97 Å². The van der Waals surface area contributed by atoms with Gasteiger partial charge in [0, 0.05) is 6.42 Å². The number of carbonyl (C=O) groups is 1. The second-order valence-electron chi connectivity index (χ2n) is 4.82. The first-order chi connectivity index (χ1) is 9.79. The molecule has 116 valence electrons. The number of rotatable bonds is 7. The molecule has 0 amide bonds. The van der Waals surface area contributed by atoms with E-state index in [0.29, 0.717) is 11.1 Å². The zero-order valence-electron chi connectivity index (χ0n) is 12.0. The van der Waals surface area contributed by atoms with Crippen LogP contribution in [-0.4, -0.2) is 39.6 Å². The van der Waals surface area contributed by atoms with Crippen molar-refractivity contribution < 1.29 is 30.0 Å². The zero-order valence-corrected chi connectivity index (χ0v) is 12.0. The van der Waals surface area contributed by atoms with Crippen molar-refractivity contribution in [2.24, 2.45) is 0 Å². The lowest BCUT2D eigenvalue weighted by atomic mass is 9.95. The van der Waals surface area contributed by atoms with Crippen LogP contribution in [0.4, 0.5) is 0 Å². The summed E-state index contributed by atoms with van der Waals surface area (Å²) in [6, 6.07) is 3.04. The van der Waals surface area contributed by atoms with Crippen LogP contribution in [-0.2, 0) is 11.2 Å². The molecule has 1 aromatic rings. The Morgan fingerprint density at radius 3 is 2.48 bits per heavy atom. The van der Waals surface area contributed by atoms with Gasteiger partial charge in [0.05, 0.1) is 12.7 Å². The van der Waals surface area contributed by atoms with E-state index in [1.165, 1.54) is 19.2 Å². The molecule has 0 unspecified atom stereocenters. The predicted molar refractivity (Wildman–Crippen MR) is 76.4 cm³/mol. The second-order valence-corrected chi connectivity index (χ2v) is 4.82. The maximum absolute atomic E-state index is 10.6. The number of carboxylic acids is 1. The Hall–Kier alpha value is -2.05. The molecular formula is C15H20O6. The Morgan fingerprint density at radius 2 is 2.00 bits per heavy atom. The number of aromatic hydroxyl groups is 1. The van der Waals surface area contributed by atoms with Crippen LogP contribution in [0.25, 0.3) is 0 Å². The van der Waals surface area contributed by atoms with E-state index in [-0.39, 0.29) is 29.9 Å². The van der Waals surface area contributed by atoms with E-state index in [0.717, 1.165) is 0 Å². The molecular weight excluding hydrogens is 276 g/mol. The summed E-state index contributed by atoms with van der Waals surface area (Å²) in [5.74, 6) is -1.06. The lowest BCUT2D eigenvalue weighted by molar-refractivity contribution is -0.136. The molecule has 0 heterocycles. The number of methoxy groups -OCH3 is 1. The largest absolute Gasteiger partial charge is 0.507 e. The minimum absolute atomic E-state index is 0.0240. The summed E-state index contributed by atoms with van der Waals surface area (Å²) in [6.07, 6.45) is -2.73. The molecule has 0 radical (unpaired) electrons. The molecule has 0 spiro atoms. The molecule has 0 saturated carbocycles. The van der Waals surface area contributed by atoms with E-state index in [9.17, 15) is 20.1 Å². The molecule has 2 atom stereocenters. The number of carboxylic acid groups (broad SMARTS) is 1. The lowest BCUT2D eigenvalue weighted by Crippen LogP contribution is -2.20. The van der Waals surface area contributed by atoms with Crippen LogP contribution in [0.5, 0.6) is 11.5 Å². The van der Waals surface area contributed by atoms with Gasteiger partial charge in [-0.25, -0.2) is 0 Å². The van der Waals surface area contributed by atoms with Gasteiger partial charge in [0.15, 0.2) is 0 Å². The number of aliphatic hydroxyl groups is 2. The van der Waals surface area contributed by atoms with Gasteiger partial charge in [-0.2, -0.15) is 0 Å². The fraction of sp³-hybridized carbons (Fsp3) is 0.400. The average molecular weight is 296 g/mol. The summed E-state index contributed by atoms with van der Waals surface area (Å²) in [5, 5.41) is 39.0. The highest BCUT2D eigenvalue weighted by Crippen LogP contribution is 2.39. The van der Waals surface area contributed by atoms with Crippen molar-refractivity contribution in [1.29, 1.82) is 0 Å². The minimum Gasteiger partial charge on any atom is -0.507 e. The number of phenols is 1. The topological polar surface area (TPSA) is 107 Å². The van der Waals surface area contributed by atoms with E-state index >= 15 is 0 Å². The summed E-state index contributed by atoms with van der Waals surface area (Å²) in [6.45, 7) is 5.11. The molecule has 0 aromatic heterocycles. The van der Waals surface area contributed by atoms with Gasteiger partial charge in [-0.1, -0.05) is 12.6 Å². The third kappa shape index (κ3) is 3.96. The maximum atomic E-state index is 10.6. The molecule has 0 aliphatic rings. The van der Waals surface area contributed by atoms with Crippen LogP contribution in [0, 0.1) is 0 Å². The highest BCUT2D eigenvalue weighted by molar-refractivity contribution is 5.67. The van der Waals surface area contributed by atoms with Crippen LogP contribution < -0.4 is 4.74 Å². The van der Waals surface area contributed by atoms with Gasteiger partial charge in [-0.05, 0) is 30.5 Å². The predicted octanol–water partition coefficient (Wildman–Crippen LogP) is 1.39. The number of aliphatic hydroxyl groups excluding tert-OH is 2. The van der Waals surface area contributed by atoms with Crippen molar-refractivity contribution in [3.63, 3.8) is 0 Å². The molecule has 0 aliphatic heterocycles. The molecule has 6 nitrogen and oxygen atoms in total. The van der Waals surface area contributed by atoms with Crippen LogP contribution in [0.15, 0.2) is 24.3 Å². The molecule has 0 saturated heterocycles. The smallest absolute Gasteiger partial charge is 0.303 e. The summed E-state index contributed by atoms with van der Waals surface area (Å²) in [7, 11) is 1.37. The molecule has 1 rings (SSSR count). The molecule has 4 N–H and O–H groups in total. The number of hydrogen-bond donors (Lipinski definition) is 4. The first-order valence-electron chi connectivity index (χ1n) is 6.41. The highest BCUT2D eigenvalue weighted by atomic mass is 16.5. The Bertz CT molecular complexity index is 537. The quantitative estimate of drug-likeness (QED) is 0.566. The van der Waals surface area contributed by atoms with Gasteiger partial charge in [0.2, 0.25) is 0 Å². The number of benzene rings is 1. The monoisotopic (exact) mass is 296 g/mol. The van der Waals surface area contributed by atoms with Gasteiger partial charge in [-0.3, -0.25) is 4.79 Å². The second kappa shape index (κ2) is 7.10. The van der Waals surface area contributed by atoms with Crippen molar-refractivity contribution in [2.75, 3.05) is 7.11 Å². The summed E-state index contributed by atoms with van der Waals surface area (Å²) >= 11 is 0. The van der Waals surface area contributed by atoms with Gasteiger partial charge in [0.1, 0.15) is 23.7 Å². The Morgan fingerprint density at radius 1 is 1.38 bits per heavy atom. The van der Waals surface area contributed by atoms with Gasteiger partial charge in [0.25, 0.3) is 0 Å². The van der Waals surface area contributed by atoms with Crippen molar-refractivity contribution in [2.45, 2.75) is 32.0 Å². The van der Waals surface area contributed by atoms with Gasteiger partial charge >= 0.3 is 5.97 Å². The van der Waals surface area contributed by atoms with E-state index in [2.05, 4.69) is 6.58 Å².